The number of hydrogen-bond donors (Lipinski definition) is 1. The summed E-state index contributed by atoms with van der Waals surface area (Å²) >= 11 is 1.44. The predicted molar refractivity (Wildman–Crippen MR) is 82.0 cm³/mol. The smallest absolute Gasteiger partial charge is 0.230 e. The lowest BCUT2D eigenvalue weighted by molar-refractivity contribution is -0.119. The first-order chi connectivity index (χ1) is 10.2. The average Bonchev–Trinajstić information content (AvgIpc) is 2.88. The number of amides is 1. The molecule has 0 radical (unpaired) electrons. The Morgan fingerprint density at radius 1 is 1.38 bits per heavy atom. The van der Waals surface area contributed by atoms with Crippen molar-refractivity contribution in [3.63, 3.8) is 0 Å². The van der Waals surface area contributed by atoms with Gasteiger partial charge < -0.3 is 5.32 Å². The zero-order valence-electron chi connectivity index (χ0n) is 12.1. The van der Waals surface area contributed by atoms with E-state index in [1.165, 1.54) is 37.4 Å². The van der Waals surface area contributed by atoms with E-state index in [9.17, 15) is 4.79 Å². The van der Waals surface area contributed by atoms with Gasteiger partial charge in [-0.25, -0.2) is 9.97 Å². The summed E-state index contributed by atoms with van der Waals surface area (Å²) in [7, 11) is 1.85. The molecule has 0 bridgehead atoms. The standard InChI is InChI=1S/C14H19N5OS/c1-19-13-11(7-17-19)14(16-9-15-13)21-8-12(20)18-10-5-3-2-4-6-10/h7,9-10H,2-6,8H2,1H3,(H,18,20). The van der Waals surface area contributed by atoms with Gasteiger partial charge in [-0.1, -0.05) is 31.0 Å². The van der Waals surface area contributed by atoms with E-state index in [1.54, 1.807) is 10.9 Å². The van der Waals surface area contributed by atoms with Crippen LogP contribution in [-0.2, 0) is 11.8 Å². The third-order valence-electron chi connectivity index (χ3n) is 3.80. The number of aryl methyl sites for hydroxylation is 1. The van der Waals surface area contributed by atoms with Gasteiger partial charge in [0.25, 0.3) is 0 Å². The molecule has 1 amide bonds. The van der Waals surface area contributed by atoms with Crippen LogP contribution >= 0.6 is 11.8 Å². The minimum Gasteiger partial charge on any atom is -0.353 e. The molecular weight excluding hydrogens is 286 g/mol. The van der Waals surface area contributed by atoms with Gasteiger partial charge in [0, 0.05) is 13.1 Å². The molecule has 6 nitrogen and oxygen atoms in total. The van der Waals surface area contributed by atoms with Gasteiger partial charge >= 0.3 is 0 Å². The fraction of sp³-hybridized carbons (Fsp3) is 0.571. The molecule has 2 aromatic rings. The molecule has 1 N–H and O–H groups in total. The van der Waals surface area contributed by atoms with Crippen LogP contribution in [0.2, 0.25) is 0 Å². The first kappa shape index (κ1) is 14.3. The first-order valence-corrected chi connectivity index (χ1v) is 8.27. The number of nitrogens with zero attached hydrogens (tertiary/aromatic N) is 4. The lowest BCUT2D eigenvalue weighted by Gasteiger charge is -2.22. The summed E-state index contributed by atoms with van der Waals surface area (Å²) in [5.41, 5.74) is 0.792. The lowest BCUT2D eigenvalue weighted by atomic mass is 9.95. The summed E-state index contributed by atoms with van der Waals surface area (Å²) in [6.45, 7) is 0. The highest BCUT2D eigenvalue weighted by atomic mass is 32.2. The molecule has 2 heterocycles. The fourth-order valence-electron chi connectivity index (χ4n) is 2.71. The van der Waals surface area contributed by atoms with Crippen LogP contribution < -0.4 is 5.32 Å². The third kappa shape index (κ3) is 3.34. The van der Waals surface area contributed by atoms with Crippen LogP contribution in [0, 0.1) is 0 Å². The largest absolute Gasteiger partial charge is 0.353 e. The van der Waals surface area contributed by atoms with E-state index >= 15 is 0 Å². The molecule has 0 spiro atoms. The monoisotopic (exact) mass is 305 g/mol. The second kappa shape index (κ2) is 6.43. The number of aromatic nitrogens is 4. The van der Waals surface area contributed by atoms with Gasteiger partial charge in [0.05, 0.1) is 17.3 Å². The van der Waals surface area contributed by atoms with Gasteiger partial charge in [-0.2, -0.15) is 5.10 Å². The molecule has 1 aliphatic rings. The first-order valence-electron chi connectivity index (χ1n) is 7.29. The maximum absolute atomic E-state index is 12.0. The number of fused-ring (bicyclic) bond motifs is 1. The third-order valence-corrected chi connectivity index (χ3v) is 4.81. The Morgan fingerprint density at radius 2 is 2.19 bits per heavy atom. The van der Waals surface area contributed by atoms with E-state index in [2.05, 4.69) is 20.4 Å². The van der Waals surface area contributed by atoms with Crippen LogP contribution in [0.1, 0.15) is 32.1 Å². The van der Waals surface area contributed by atoms with Gasteiger partial charge in [-0.3, -0.25) is 9.48 Å². The summed E-state index contributed by atoms with van der Waals surface area (Å²) in [6.07, 6.45) is 9.22. The van der Waals surface area contributed by atoms with Gasteiger partial charge in [-0.15, -0.1) is 0 Å². The Hall–Kier alpha value is -1.63. The molecular formula is C14H19N5OS. The average molecular weight is 305 g/mol. The molecule has 7 heteroatoms. The summed E-state index contributed by atoms with van der Waals surface area (Å²) < 4.78 is 1.71. The van der Waals surface area contributed by atoms with E-state index in [-0.39, 0.29) is 5.91 Å². The highest BCUT2D eigenvalue weighted by molar-refractivity contribution is 8.00. The van der Waals surface area contributed by atoms with E-state index in [0.717, 1.165) is 28.9 Å². The number of thioether (sulfide) groups is 1. The quantitative estimate of drug-likeness (QED) is 0.690. The molecule has 2 aromatic heterocycles. The summed E-state index contributed by atoms with van der Waals surface area (Å²) in [5.74, 6) is 0.472. The zero-order chi connectivity index (χ0) is 14.7. The number of carbonyl (C=O) groups excluding carboxylic acids is 1. The summed E-state index contributed by atoms with van der Waals surface area (Å²) in [4.78, 5) is 20.5. The van der Waals surface area contributed by atoms with Crippen molar-refractivity contribution >= 4 is 28.7 Å². The minimum atomic E-state index is 0.0857. The molecule has 0 aliphatic heterocycles. The van der Waals surface area contributed by atoms with Gasteiger partial charge in [-0.05, 0) is 12.8 Å². The van der Waals surface area contributed by atoms with Gasteiger partial charge in [0.2, 0.25) is 5.91 Å². The second-order valence-corrected chi connectivity index (χ2v) is 6.34. The number of hydrogen-bond acceptors (Lipinski definition) is 5. The molecule has 1 saturated carbocycles. The van der Waals surface area contributed by atoms with Crippen molar-refractivity contribution in [1.29, 1.82) is 0 Å². The predicted octanol–water partition coefficient (Wildman–Crippen LogP) is 1.90. The maximum Gasteiger partial charge on any atom is 0.230 e. The number of rotatable bonds is 4. The van der Waals surface area contributed by atoms with Crippen LogP contribution in [0.15, 0.2) is 17.6 Å². The SMILES string of the molecule is Cn1ncc2c(SCC(=O)NC3CCCCC3)ncnc21. The molecule has 112 valence electrons. The van der Waals surface area contributed by atoms with Crippen LogP contribution in [0.5, 0.6) is 0 Å². The van der Waals surface area contributed by atoms with Crippen molar-refractivity contribution in [1.82, 2.24) is 25.1 Å². The lowest BCUT2D eigenvalue weighted by Crippen LogP contribution is -2.37. The van der Waals surface area contributed by atoms with Crippen molar-refractivity contribution in [3.8, 4) is 0 Å². The van der Waals surface area contributed by atoms with E-state index in [0.29, 0.717) is 11.8 Å². The van der Waals surface area contributed by atoms with Gasteiger partial charge in [0.15, 0.2) is 5.65 Å². The molecule has 1 fully saturated rings. The Balaban J connectivity index is 1.59. The zero-order valence-corrected chi connectivity index (χ0v) is 12.9. The van der Waals surface area contributed by atoms with Gasteiger partial charge in [0.1, 0.15) is 11.4 Å². The molecule has 0 unspecified atom stereocenters. The Labute approximate surface area is 127 Å². The van der Waals surface area contributed by atoms with Crippen LogP contribution in [0.25, 0.3) is 11.0 Å². The molecule has 21 heavy (non-hydrogen) atoms. The highest BCUT2D eigenvalue weighted by Crippen LogP contribution is 2.24. The second-order valence-electron chi connectivity index (χ2n) is 5.38. The fourth-order valence-corrected chi connectivity index (χ4v) is 3.48. The topological polar surface area (TPSA) is 72.7 Å². The number of nitrogens with one attached hydrogen (secondary N) is 1. The van der Waals surface area contributed by atoms with Crippen LogP contribution in [-0.4, -0.2) is 37.5 Å². The molecule has 0 atom stereocenters. The normalized spacial score (nSPS) is 16.2. The van der Waals surface area contributed by atoms with Crippen LogP contribution in [0.3, 0.4) is 0 Å². The van der Waals surface area contributed by atoms with Crippen molar-refractivity contribution < 1.29 is 4.79 Å². The van der Waals surface area contributed by atoms with Crippen molar-refractivity contribution in [2.45, 2.75) is 43.2 Å². The molecule has 0 aromatic carbocycles. The maximum atomic E-state index is 12.0. The molecule has 3 rings (SSSR count). The Bertz CT molecular complexity index is 635. The number of carbonyl (C=O) groups is 1. The molecule has 1 aliphatic carbocycles. The van der Waals surface area contributed by atoms with Crippen molar-refractivity contribution in [2.24, 2.45) is 7.05 Å². The van der Waals surface area contributed by atoms with E-state index in [1.807, 2.05) is 7.05 Å². The van der Waals surface area contributed by atoms with Crippen LogP contribution in [0.4, 0.5) is 0 Å². The van der Waals surface area contributed by atoms with E-state index in [4.69, 9.17) is 0 Å². The highest BCUT2D eigenvalue weighted by Gasteiger charge is 2.16. The molecule has 0 saturated heterocycles. The summed E-state index contributed by atoms with van der Waals surface area (Å²) in [6, 6.07) is 0.357. The summed E-state index contributed by atoms with van der Waals surface area (Å²) in [5, 5.41) is 9.01. The van der Waals surface area contributed by atoms with Crippen molar-refractivity contribution in [2.75, 3.05) is 5.75 Å². The van der Waals surface area contributed by atoms with Crippen molar-refractivity contribution in [3.05, 3.63) is 12.5 Å². The Kier molecular flexibility index (Phi) is 4.38. The minimum absolute atomic E-state index is 0.0857. The Morgan fingerprint density at radius 3 is 3.00 bits per heavy atom. The van der Waals surface area contributed by atoms with E-state index < -0.39 is 0 Å².